The van der Waals surface area contributed by atoms with Crippen LogP contribution in [0.15, 0.2) is 66.7 Å². The van der Waals surface area contributed by atoms with Crippen LogP contribution in [-0.2, 0) is 4.79 Å². The van der Waals surface area contributed by atoms with Crippen LogP contribution >= 0.6 is 0 Å². The topological polar surface area (TPSA) is 75.6 Å². The molecule has 0 aliphatic carbocycles. The lowest BCUT2D eigenvalue weighted by Gasteiger charge is -2.13. The van der Waals surface area contributed by atoms with Crippen molar-refractivity contribution in [2.75, 3.05) is 13.2 Å². The quantitative estimate of drug-likeness (QED) is 0.426. The van der Waals surface area contributed by atoms with Crippen molar-refractivity contribution in [1.29, 1.82) is 0 Å². The van der Waals surface area contributed by atoms with Gasteiger partial charge in [0.05, 0.1) is 12.7 Å². The fourth-order valence-electron chi connectivity index (χ4n) is 3.04. The Balaban J connectivity index is 1.38. The van der Waals surface area contributed by atoms with E-state index in [1.165, 1.54) is 6.92 Å². The van der Waals surface area contributed by atoms with Crippen molar-refractivity contribution in [2.45, 2.75) is 25.9 Å². The van der Waals surface area contributed by atoms with E-state index in [0.717, 1.165) is 16.3 Å². The number of ether oxygens (including phenoxy) is 1. The number of benzene rings is 3. The molecule has 0 saturated carbocycles. The monoisotopic (exact) mass is 391 g/mol. The summed E-state index contributed by atoms with van der Waals surface area (Å²) in [6.07, 6.45) is 0.127. The number of carbonyl (C=O) groups excluding carboxylic acids is 2. The van der Waals surface area contributed by atoms with E-state index >= 15 is 0 Å². The standard InChI is InChI=1S/C24H25NO4/c1-17(26)18-10-12-22(13-11-18)29-14-4-7-24(28)25-16-23(27)21-9-8-19-5-2-3-6-20(19)15-21/h2-3,5-6,8-13,15,23,27H,4,7,14,16H2,1H3,(H,25,28). The van der Waals surface area contributed by atoms with Crippen molar-refractivity contribution in [3.8, 4) is 5.75 Å². The third-order valence-electron chi connectivity index (χ3n) is 4.73. The molecule has 3 aromatic rings. The smallest absolute Gasteiger partial charge is 0.220 e. The Morgan fingerprint density at radius 2 is 1.72 bits per heavy atom. The van der Waals surface area contributed by atoms with Gasteiger partial charge in [0.15, 0.2) is 5.78 Å². The molecule has 5 nitrogen and oxygen atoms in total. The lowest BCUT2D eigenvalue weighted by Crippen LogP contribution is -2.28. The molecule has 0 bridgehead atoms. The van der Waals surface area contributed by atoms with Crippen LogP contribution in [-0.4, -0.2) is 29.9 Å². The second-order valence-electron chi connectivity index (χ2n) is 6.96. The molecular weight excluding hydrogens is 366 g/mol. The van der Waals surface area contributed by atoms with Gasteiger partial charge in [-0.3, -0.25) is 9.59 Å². The third-order valence-corrected chi connectivity index (χ3v) is 4.73. The van der Waals surface area contributed by atoms with Crippen molar-refractivity contribution >= 4 is 22.5 Å². The summed E-state index contributed by atoms with van der Waals surface area (Å²) >= 11 is 0. The summed E-state index contributed by atoms with van der Waals surface area (Å²) < 4.78 is 5.59. The average molecular weight is 391 g/mol. The zero-order valence-corrected chi connectivity index (χ0v) is 16.4. The van der Waals surface area contributed by atoms with Gasteiger partial charge >= 0.3 is 0 Å². The Morgan fingerprint density at radius 3 is 2.45 bits per heavy atom. The first-order chi connectivity index (χ1) is 14.0. The van der Waals surface area contributed by atoms with Crippen molar-refractivity contribution in [1.82, 2.24) is 5.32 Å². The maximum Gasteiger partial charge on any atom is 0.220 e. The number of Topliss-reactive ketones (excluding diaryl/α,β-unsaturated/α-hetero) is 1. The van der Waals surface area contributed by atoms with Crippen molar-refractivity contribution in [2.24, 2.45) is 0 Å². The van der Waals surface area contributed by atoms with Gasteiger partial charge in [0.2, 0.25) is 5.91 Å². The van der Waals surface area contributed by atoms with Crippen LogP contribution in [0.2, 0.25) is 0 Å². The van der Waals surface area contributed by atoms with E-state index in [2.05, 4.69) is 5.32 Å². The summed E-state index contributed by atoms with van der Waals surface area (Å²) in [5.41, 5.74) is 1.42. The Morgan fingerprint density at radius 1 is 1.00 bits per heavy atom. The highest BCUT2D eigenvalue weighted by molar-refractivity contribution is 5.94. The number of nitrogens with one attached hydrogen (secondary N) is 1. The van der Waals surface area contributed by atoms with Crippen molar-refractivity contribution in [3.63, 3.8) is 0 Å². The van der Waals surface area contributed by atoms with E-state index in [4.69, 9.17) is 4.74 Å². The van der Waals surface area contributed by atoms with Gasteiger partial charge in [-0.05, 0) is 60.0 Å². The highest BCUT2D eigenvalue weighted by atomic mass is 16.5. The van der Waals surface area contributed by atoms with E-state index < -0.39 is 6.10 Å². The van der Waals surface area contributed by atoms with Crippen molar-refractivity contribution < 1.29 is 19.4 Å². The number of hydrogen-bond donors (Lipinski definition) is 2. The molecule has 0 spiro atoms. The number of rotatable bonds is 9. The van der Waals surface area contributed by atoms with Gasteiger partial charge in [-0.15, -0.1) is 0 Å². The minimum Gasteiger partial charge on any atom is -0.494 e. The van der Waals surface area contributed by atoms with Crippen molar-refractivity contribution in [3.05, 3.63) is 77.9 Å². The van der Waals surface area contributed by atoms with Crippen LogP contribution in [0.1, 0.15) is 41.8 Å². The zero-order valence-electron chi connectivity index (χ0n) is 16.4. The summed E-state index contributed by atoms with van der Waals surface area (Å²) in [6.45, 7) is 2.09. The Hall–Kier alpha value is -3.18. The second kappa shape index (κ2) is 9.85. The first-order valence-electron chi connectivity index (χ1n) is 9.70. The normalized spacial score (nSPS) is 11.8. The Labute approximate surface area is 170 Å². The molecule has 0 aliphatic heterocycles. The van der Waals surface area contributed by atoms with Crippen LogP contribution < -0.4 is 10.1 Å². The third kappa shape index (κ3) is 5.90. The molecular formula is C24H25NO4. The van der Waals surface area contributed by atoms with Gasteiger partial charge in [0, 0.05) is 18.5 Å². The maximum atomic E-state index is 12.0. The molecule has 150 valence electrons. The van der Waals surface area contributed by atoms with Crippen LogP contribution in [0.3, 0.4) is 0 Å². The molecule has 0 radical (unpaired) electrons. The highest BCUT2D eigenvalue weighted by Crippen LogP contribution is 2.20. The molecule has 0 fully saturated rings. The number of hydrogen-bond acceptors (Lipinski definition) is 4. The summed E-state index contributed by atoms with van der Waals surface area (Å²) in [4.78, 5) is 23.3. The van der Waals surface area contributed by atoms with Gasteiger partial charge in [-0.25, -0.2) is 0 Å². The minimum absolute atomic E-state index is 0.0131. The molecule has 2 N–H and O–H groups in total. The van der Waals surface area contributed by atoms with Crippen LogP contribution in [0.5, 0.6) is 5.75 Å². The summed E-state index contributed by atoms with van der Waals surface area (Å²) in [6, 6.07) is 20.7. The van der Waals surface area contributed by atoms with E-state index in [9.17, 15) is 14.7 Å². The molecule has 1 atom stereocenters. The summed E-state index contributed by atoms with van der Waals surface area (Å²) in [5.74, 6) is 0.557. The van der Waals surface area contributed by atoms with E-state index in [1.807, 2.05) is 42.5 Å². The fourth-order valence-corrected chi connectivity index (χ4v) is 3.04. The predicted molar refractivity (Wildman–Crippen MR) is 113 cm³/mol. The lowest BCUT2D eigenvalue weighted by molar-refractivity contribution is -0.121. The number of amides is 1. The van der Waals surface area contributed by atoms with E-state index in [1.54, 1.807) is 24.3 Å². The van der Waals surface area contributed by atoms with Crippen LogP contribution in [0, 0.1) is 0 Å². The molecule has 3 aromatic carbocycles. The van der Waals surface area contributed by atoms with E-state index in [-0.39, 0.29) is 18.2 Å². The fraction of sp³-hybridized carbons (Fsp3) is 0.250. The average Bonchev–Trinajstić information content (AvgIpc) is 2.75. The highest BCUT2D eigenvalue weighted by Gasteiger charge is 2.10. The van der Waals surface area contributed by atoms with Gasteiger partial charge in [-0.2, -0.15) is 0 Å². The molecule has 1 amide bonds. The van der Waals surface area contributed by atoms with Crippen LogP contribution in [0.25, 0.3) is 10.8 Å². The van der Waals surface area contributed by atoms with Gasteiger partial charge in [-0.1, -0.05) is 36.4 Å². The largest absolute Gasteiger partial charge is 0.494 e. The summed E-state index contributed by atoms with van der Waals surface area (Å²) in [5, 5.41) is 15.3. The molecule has 29 heavy (non-hydrogen) atoms. The maximum absolute atomic E-state index is 12.0. The number of aliphatic hydroxyl groups is 1. The zero-order chi connectivity index (χ0) is 20.6. The lowest BCUT2D eigenvalue weighted by atomic mass is 10.0. The predicted octanol–water partition coefficient (Wildman–Crippen LogP) is 4.05. The SMILES string of the molecule is CC(=O)c1ccc(OCCCC(=O)NCC(O)c2ccc3ccccc3c2)cc1. The minimum atomic E-state index is -0.750. The molecule has 0 aliphatic rings. The first kappa shape index (κ1) is 20.6. The Bertz CT molecular complexity index is 982. The molecule has 3 rings (SSSR count). The molecule has 0 heterocycles. The van der Waals surface area contributed by atoms with Gasteiger partial charge in [0.1, 0.15) is 5.75 Å². The van der Waals surface area contributed by atoms with E-state index in [0.29, 0.717) is 30.8 Å². The number of fused-ring (bicyclic) bond motifs is 1. The van der Waals surface area contributed by atoms with Gasteiger partial charge in [0.25, 0.3) is 0 Å². The molecule has 0 saturated heterocycles. The molecule has 5 heteroatoms. The summed E-state index contributed by atoms with van der Waals surface area (Å²) in [7, 11) is 0. The molecule has 0 aromatic heterocycles. The number of carbonyl (C=O) groups is 2. The second-order valence-corrected chi connectivity index (χ2v) is 6.96. The Kier molecular flexibility index (Phi) is 6.98. The molecule has 1 unspecified atom stereocenters. The number of ketones is 1. The first-order valence-corrected chi connectivity index (χ1v) is 9.70. The number of aliphatic hydroxyl groups excluding tert-OH is 1. The van der Waals surface area contributed by atoms with Gasteiger partial charge < -0.3 is 15.2 Å². The van der Waals surface area contributed by atoms with Crippen LogP contribution in [0.4, 0.5) is 0 Å².